The molecule has 3 aromatic carbocycles. The summed E-state index contributed by atoms with van der Waals surface area (Å²) in [5.41, 5.74) is 4.58. The number of carbonyl (C=O) groups is 2. The van der Waals surface area contributed by atoms with Gasteiger partial charge in [0.25, 0.3) is 5.91 Å². The van der Waals surface area contributed by atoms with Gasteiger partial charge >= 0.3 is 0 Å². The van der Waals surface area contributed by atoms with Crippen LogP contribution in [0.25, 0.3) is 0 Å². The molecule has 0 radical (unpaired) electrons. The van der Waals surface area contributed by atoms with E-state index in [9.17, 15) is 14.7 Å². The maximum Gasteiger partial charge on any atom is 0.251 e. The minimum atomic E-state index is -0.852. The fraction of sp³-hybridized carbons (Fsp3) is 0.394. The van der Waals surface area contributed by atoms with Gasteiger partial charge in [-0.05, 0) is 70.7 Å². The first-order chi connectivity index (χ1) is 18.2. The fourth-order valence-electron chi connectivity index (χ4n) is 4.42. The number of rotatable bonds is 8. The van der Waals surface area contributed by atoms with Crippen LogP contribution in [0.3, 0.4) is 0 Å². The SMILES string of the molecule is COc1ccc(NC(=O)C(NC(=O)CCc2cc(C(C)(C)C)c(O)c(C(C)(C)C)c2)c2ccc(C)cc2)cc1. The molecule has 0 bridgehead atoms. The maximum absolute atomic E-state index is 13.3. The predicted octanol–water partition coefficient (Wildman–Crippen LogP) is 6.73. The van der Waals surface area contributed by atoms with Crippen LogP contribution in [0.5, 0.6) is 11.5 Å². The number of nitrogens with one attached hydrogen (secondary N) is 2. The monoisotopic (exact) mass is 530 g/mol. The van der Waals surface area contributed by atoms with Gasteiger partial charge in [-0.15, -0.1) is 0 Å². The van der Waals surface area contributed by atoms with Crippen molar-refractivity contribution < 1.29 is 19.4 Å². The third-order valence-electron chi connectivity index (χ3n) is 6.76. The van der Waals surface area contributed by atoms with Crippen LogP contribution in [-0.2, 0) is 26.8 Å². The molecule has 0 heterocycles. The number of ether oxygens (including phenoxy) is 1. The van der Waals surface area contributed by atoms with Crippen LogP contribution >= 0.6 is 0 Å². The van der Waals surface area contributed by atoms with E-state index >= 15 is 0 Å². The number of aromatic hydroxyl groups is 1. The summed E-state index contributed by atoms with van der Waals surface area (Å²) in [5.74, 6) is 0.452. The number of methoxy groups -OCH3 is 1. The molecule has 0 fully saturated rings. The van der Waals surface area contributed by atoms with E-state index in [1.165, 1.54) is 0 Å². The number of anilines is 1. The lowest BCUT2D eigenvalue weighted by Crippen LogP contribution is -2.37. The van der Waals surface area contributed by atoms with E-state index in [1.54, 1.807) is 31.4 Å². The highest BCUT2D eigenvalue weighted by molar-refractivity contribution is 5.98. The normalized spacial score (nSPS) is 12.5. The molecule has 0 aliphatic rings. The van der Waals surface area contributed by atoms with Crippen molar-refractivity contribution in [2.24, 2.45) is 0 Å². The van der Waals surface area contributed by atoms with Gasteiger partial charge in [-0.1, -0.05) is 83.5 Å². The summed E-state index contributed by atoms with van der Waals surface area (Å²) in [4.78, 5) is 26.5. The Balaban J connectivity index is 1.81. The Bertz CT molecular complexity index is 1260. The van der Waals surface area contributed by atoms with Crippen LogP contribution in [0, 0.1) is 6.92 Å². The highest BCUT2D eigenvalue weighted by atomic mass is 16.5. The van der Waals surface area contributed by atoms with Gasteiger partial charge in [0.05, 0.1) is 7.11 Å². The Labute approximate surface area is 232 Å². The second kappa shape index (κ2) is 11.9. The molecule has 1 unspecified atom stereocenters. The van der Waals surface area contributed by atoms with E-state index in [0.717, 1.165) is 22.3 Å². The number of phenols is 1. The van der Waals surface area contributed by atoms with E-state index in [4.69, 9.17) is 4.74 Å². The van der Waals surface area contributed by atoms with E-state index < -0.39 is 6.04 Å². The third kappa shape index (κ3) is 7.85. The number of hydrogen-bond acceptors (Lipinski definition) is 4. The molecule has 6 nitrogen and oxygen atoms in total. The molecule has 3 N–H and O–H groups in total. The number of phenolic OH excluding ortho intramolecular Hbond substituents is 1. The number of aryl methyl sites for hydroxylation is 2. The molecular weight excluding hydrogens is 488 g/mol. The van der Waals surface area contributed by atoms with Gasteiger partial charge in [0.1, 0.15) is 17.5 Å². The zero-order chi connectivity index (χ0) is 29.0. The van der Waals surface area contributed by atoms with Crippen molar-refractivity contribution in [1.29, 1.82) is 0 Å². The molecule has 0 aromatic heterocycles. The third-order valence-corrected chi connectivity index (χ3v) is 6.76. The van der Waals surface area contributed by atoms with E-state index in [-0.39, 0.29) is 29.1 Å². The molecule has 2 amide bonds. The van der Waals surface area contributed by atoms with Gasteiger partial charge < -0.3 is 20.5 Å². The molecule has 0 aliphatic carbocycles. The van der Waals surface area contributed by atoms with Crippen molar-refractivity contribution in [2.75, 3.05) is 12.4 Å². The first-order valence-electron chi connectivity index (χ1n) is 13.4. The van der Waals surface area contributed by atoms with Crippen LogP contribution in [0.15, 0.2) is 60.7 Å². The largest absolute Gasteiger partial charge is 0.507 e. The topological polar surface area (TPSA) is 87.7 Å². The van der Waals surface area contributed by atoms with Gasteiger partial charge in [0.15, 0.2) is 0 Å². The Morgan fingerprint density at radius 3 is 1.90 bits per heavy atom. The number of benzene rings is 3. The Kier molecular flexibility index (Phi) is 9.10. The second-order valence-corrected chi connectivity index (χ2v) is 12.2. The number of carbonyl (C=O) groups excluding carboxylic acids is 2. The van der Waals surface area contributed by atoms with E-state index in [1.807, 2.05) is 43.3 Å². The van der Waals surface area contributed by atoms with Crippen molar-refractivity contribution in [3.8, 4) is 11.5 Å². The molecule has 3 aromatic rings. The first-order valence-corrected chi connectivity index (χ1v) is 13.4. The standard InChI is InChI=1S/C33H42N2O4/c1-21-9-12-23(13-10-21)29(31(38)34-24-14-16-25(39-8)17-15-24)35-28(36)18-11-22-19-26(32(2,3)4)30(37)27(20-22)33(5,6)7/h9-10,12-17,19-20,29,37H,11,18H2,1-8H3,(H,34,38)(H,35,36). The van der Waals surface area contributed by atoms with Crippen molar-refractivity contribution in [3.05, 3.63) is 88.5 Å². The van der Waals surface area contributed by atoms with E-state index in [0.29, 0.717) is 29.2 Å². The van der Waals surface area contributed by atoms with Crippen LogP contribution in [0.1, 0.15) is 81.8 Å². The molecule has 208 valence electrons. The van der Waals surface area contributed by atoms with E-state index in [2.05, 4.69) is 52.2 Å². The molecule has 0 saturated carbocycles. The summed E-state index contributed by atoms with van der Waals surface area (Å²) in [5, 5.41) is 16.9. The van der Waals surface area contributed by atoms with Gasteiger partial charge in [-0.25, -0.2) is 0 Å². The minimum absolute atomic E-state index is 0.204. The average molecular weight is 531 g/mol. The summed E-state index contributed by atoms with van der Waals surface area (Å²) < 4.78 is 5.19. The van der Waals surface area contributed by atoms with Crippen LogP contribution in [0.4, 0.5) is 5.69 Å². The second-order valence-electron chi connectivity index (χ2n) is 12.2. The van der Waals surface area contributed by atoms with Crippen LogP contribution < -0.4 is 15.4 Å². The Morgan fingerprint density at radius 1 is 0.872 bits per heavy atom. The smallest absolute Gasteiger partial charge is 0.251 e. The fourth-order valence-corrected chi connectivity index (χ4v) is 4.42. The molecule has 0 spiro atoms. The molecule has 3 rings (SSSR count). The zero-order valence-electron chi connectivity index (χ0n) is 24.4. The minimum Gasteiger partial charge on any atom is -0.507 e. The van der Waals surface area contributed by atoms with Gasteiger partial charge in [0, 0.05) is 12.1 Å². The lowest BCUT2D eigenvalue weighted by molar-refractivity contribution is -0.126. The number of hydrogen-bond donors (Lipinski definition) is 3. The van der Waals surface area contributed by atoms with Crippen LogP contribution in [-0.4, -0.2) is 24.0 Å². The van der Waals surface area contributed by atoms with Gasteiger partial charge in [0.2, 0.25) is 5.91 Å². The highest BCUT2D eigenvalue weighted by Crippen LogP contribution is 2.40. The zero-order valence-corrected chi connectivity index (χ0v) is 24.4. The van der Waals surface area contributed by atoms with Crippen molar-refractivity contribution in [2.45, 2.75) is 78.2 Å². The predicted molar refractivity (Wildman–Crippen MR) is 158 cm³/mol. The molecule has 1 atom stereocenters. The summed E-state index contributed by atoms with van der Waals surface area (Å²) >= 11 is 0. The molecule has 39 heavy (non-hydrogen) atoms. The maximum atomic E-state index is 13.3. The van der Waals surface area contributed by atoms with Crippen molar-refractivity contribution in [3.63, 3.8) is 0 Å². The average Bonchev–Trinajstić information content (AvgIpc) is 2.86. The highest BCUT2D eigenvalue weighted by Gasteiger charge is 2.27. The summed E-state index contributed by atoms with van der Waals surface area (Å²) in [6.07, 6.45) is 0.690. The summed E-state index contributed by atoms with van der Waals surface area (Å²) in [6, 6.07) is 17.8. The quantitative estimate of drug-likeness (QED) is 0.301. The lowest BCUT2D eigenvalue weighted by atomic mass is 9.78. The Hall–Kier alpha value is -3.80. The van der Waals surface area contributed by atoms with Gasteiger partial charge in [-0.2, -0.15) is 0 Å². The van der Waals surface area contributed by atoms with Crippen molar-refractivity contribution >= 4 is 17.5 Å². The number of amides is 2. The van der Waals surface area contributed by atoms with Gasteiger partial charge in [-0.3, -0.25) is 9.59 Å². The first kappa shape index (κ1) is 29.8. The molecule has 0 saturated heterocycles. The lowest BCUT2D eigenvalue weighted by Gasteiger charge is -2.28. The molecular formula is C33H42N2O4. The summed E-state index contributed by atoms with van der Waals surface area (Å²) in [6.45, 7) is 14.4. The summed E-state index contributed by atoms with van der Waals surface area (Å²) in [7, 11) is 1.59. The van der Waals surface area contributed by atoms with Crippen molar-refractivity contribution in [1.82, 2.24) is 5.32 Å². The molecule has 6 heteroatoms. The Morgan fingerprint density at radius 2 is 1.41 bits per heavy atom. The van der Waals surface area contributed by atoms with Crippen LogP contribution in [0.2, 0.25) is 0 Å². The molecule has 0 aliphatic heterocycles.